The molecule has 2 amide bonds. The van der Waals surface area contributed by atoms with Gasteiger partial charge in [0.15, 0.2) is 0 Å². The van der Waals surface area contributed by atoms with E-state index in [1.165, 1.54) is 7.11 Å². The van der Waals surface area contributed by atoms with Crippen LogP contribution in [-0.4, -0.2) is 43.1 Å². The van der Waals surface area contributed by atoms with Gasteiger partial charge in [0.25, 0.3) is 0 Å². The lowest BCUT2D eigenvalue weighted by Gasteiger charge is -2.27. The molecule has 0 aromatic carbocycles. The van der Waals surface area contributed by atoms with E-state index in [1.807, 2.05) is 18.7 Å². The summed E-state index contributed by atoms with van der Waals surface area (Å²) in [7, 11) is 1.31. The molecule has 1 aliphatic heterocycles. The summed E-state index contributed by atoms with van der Waals surface area (Å²) in [5.74, 6) is 0.129. The lowest BCUT2D eigenvalue weighted by molar-refractivity contribution is -0.133. The van der Waals surface area contributed by atoms with Crippen molar-refractivity contribution in [3.05, 3.63) is 0 Å². The maximum Gasteiger partial charge on any atom is 0.407 e. The van der Waals surface area contributed by atoms with Crippen molar-refractivity contribution in [1.29, 1.82) is 0 Å². The molecule has 1 N–H and O–H groups in total. The van der Waals surface area contributed by atoms with Gasteiger partial charge in [-0.1, -0.05) is 20.3 Å². The van der Waals surface area contributed by atoms with Gasteiger partial charge in [0.05, 0.1) is 7.11 Å². The molecule has 0 bridgehead atoms. The molecular formula is C12H22N2O3. The molecule has 0 unspecified atom stereocenters. The predicted molar refractivity (Wildman–Crippen MR) is 64.6 cm³/mol. The monoisotopic (exact) mass is 242 g/mol. The van der Waals surface area contributed by atoms with Gasteiger partial charge in [-0.15, -0.1) is 0 Å². The Balaban J connectivity index is 2.67. The number of likely N-dealkylation sites (tertiary alicyclic amines) is 1. The zero-order chi connectivity index (χ0) is 12.8. The van der Waals surface area contributed by atoms with Crippen LogP contribution in [-0.2, 0) is 9.53 Å². The molecule has 1 fully saturated rings. The molecule has 17 heavy (non-hydrogen) atoms. The number of ether oxygens (including phenoxy) is 1. The average molecular weight is 242 g/mol. The Labute approximate surface area is 102 Å². The molecule has 2 atom stereocenters. The predicted octanol–water partition coefficient (Wildman–Crippen LogP) is 1.38. The van der Waals surface area contributed by atoms with E-state index >= 15 is 0 Å². The molecule has 0 spiro atoms. The molecule has 0 aromatic heterocycles. The third kappa shape index (κ3) is 3.61. The van der Waals surface area contributed by atoms with Gasteiger partial charge >= 0.3 is 6.09 Å². The number of alkyl carbamates (subject to hydrolysis) is 1. The Morgan fingerprint density at radius 3 is 2.41 bits per heavy atom. The van der Waals surface area contributed by atoms with E-state index < -0.39 is 12.1 Å². The van der Waals surface area contributed by atoms with Gasteiger partial charge < -0.3 is 15.0 Å². The van der Waals surface area contributed by atoms with Gasteiger partial charge in [-0.25, -0.2) is 4.79 Å². The second-order valence-electron chi connectivity index (χ2n) is 4.53. The van der Waals surface area contributed by atoms with E-state index in [0.717, 1.165) is 32.4 Å². The molecule has 5 heteroatoms. The first-order valence-electron chi connectivity index (χ1n) is 6.23. The Bertz CT molecular complexity index is 275. The third-order valence-corrected chi connectivity index (χ3v) is 3.36. The molecule has 1 heterocycles. The first-order valence-corrected chi connectivity index (χ1v) is 6.23. The summed E-state index contributed by atoms with van der Waals surface area (Å²) in [5, 5.41) is 2.64. The number of carbonyl (C=O) groups is 2. The summed E-state index contributed by atoms with van der Waals surface area (Å²) < 4.78 is 4.57. The van der Waals surface area contributed by atoms with E-state index in [1.54, 1.807) is 0 Å². The molecule has 0 radical (unpaired) electrons. The van der Waals surface area contributed by atoms with Gasteiger partial charge in [-0.05, 0) is 18.8 Å². The quantitative estimate of drug-likeness (QED) is 0.810. The van der Waals surface area contributed by atoms with Gasteiger partial charge in [0.1, 0.15) is 6.04 Å². The van der Waals surface area contributed by atoms with Crippen molar-refractivity contribution in [2.24, 2.45) is 5.92 Å². The largest absolute Gasteiger partial charge is 0.453 e. The first-order chi connectivity index (χ1) is 8.10. The summed E-state index contributed by atoms with van der Waals surface area (Å²) in [6.07, 6.45) is 2.41. The summed E-state index contributed by atoms with van der Waals surface area (Å²) in [4.78, 5) is 25.3. The Morgan fingerprint density at radius 2 is 1.94 bits per heavy atom. The SMILES string of the molecule is CC[C@H](C)[C@H](NC(=O)OC)C(=O)N1CCCC1. The summed E-state index contributed by atoms with van der Waals surface area (Å²) in [6, 6.07) is -0.467. The Morgan fingerprint density at radius 1 is 1.35 bits per heavy atom. The number of nitrogens with zero attached hydrogens (tertiary/aromatic N) is 1. The van der Waals surface area contributed by atoms with Crippen LogP contribution in [0.3, 0.4) is 0 Å². The van der Waals surface area contributed by atoms with Crippen LogP contribution < -0.4 is 5.32 Å². The van der Waals surface area contributed by atoms with Crippen molar-refractivity contribution in [3.63, 3.8) is 0 Å². The van der Waals surface area contributed by atoms with Gasteiger partial charge in [-0.2, -0.15) is 0 Å². The molecule has 1 rings (SSSR count). The molecule has 98 valence electrons. The van der Waals surface area contributed by atoms with Crippen LogP contribution in [0, 0.1) is 5.92 Å². The number of carbonyl (C=O) groups excluding carboxylic acids is 2. The van der Waals surface area contributed by atoms with E-state index in [2.05, 4.69) is 10.1 Å². The van der Waals surface area contributed by atoms with Gasteiger partial charge in [0.2, 0.25) is 5.91 Å². The number of methoxy groups -OCH3 is 1. The summed E-state index contributed by atoms with van der Waals surface area (Å²) in [6.45, 7) is 5.58. The number of hydrogen-bond donors (Lipinski definition) is 1. The smallest absolute Gasteiger partial charge is 0.407 e. The van der Waals surface area contributed by atoms with Crippen molar-refractivity contribution < 1.29 is 14.3 Å². The highest BCUT2D eigenvalue weighted by molar-refractivity contribution is 5.86. The van der Waals surface area contributed by atoms with Crippen molar-refractivity contribution in [2.45, 2.75) is 39.2 Å². The van der Waals surface area contributed by atoms with Crippen molar-refractivity contribution in [3.8, 4) is 0 Å². The zero-order valence-corrected chi connectivity index (χ0v) is 10.9. The Kier molecular flexibility index (Phi) is 5.25. The Hall–Kier alpha value is -1.26. The molecule has 0 aromatic rings. The molecule has 1 aliphatic rings. The zero-order valence-electron chi connectivity index (χ0n) is 10.9. The summed E-state index contributed by atoms with van der Waals surface area (Å²) >= 11 is 0. The maximum absolute atomic E-state index is 12.3. The highest BCUT2D eigenvalue weighted by Crippen LogP contribution is 2.15. The van der Waals surface area contributed by atoms with E-state index in [0.29, 0.717) is 0 Å². The van der Waals surface area contributed by atoms with E-state index in [-0.39, 0.29) is 11.8 Å². The highest BCUT2D eigenvalue weighted by Gasteiger charge is 2.31. The standard InChI is InChI=1S/C12H22N2O3/c1-4-9(2)10(13-12(16)17-3)11(15)14-7-5-6-8-14/h9-10H,4-8H2,1-3H3,(H,13,16)/t9-,10-/m0/s1. The molecule has 0 saturated carbocycles. The van der Waals surface area contributed by atoms with Crippen LogP contribution in [0.1, 0.15) is 33.1 Å². The van der Waals surface area contributed by atoms with Crippen LogP contribution in [0.5, 0.6) is 0 Å². The number of rotatable bonds is 4. The topological polar surface area (TPSA) is 58.6 Å². The number of amides is 2. The normalized spacial score (nSPS) is 18.6. The fourth-order valence-electron chi connectivity index (χ4n) is 2.00. The average Bonchev–Trinajstić information content (AvgIpc) is 2.87. The number of hydrogen-bond acceptors (Lipinski definition) is 3. The van der Waals surface area contributed by atoms with Crippen LogP contribution >= 0.6 is 0 Å². The van der Waals surface area contributed by atoms with Gasteiger partial charge in [0, 0.05) is 13.1 Å². The summed E-state index contributed by atoms with van der Waals surface area (Å²) in [5.41, 5.74) is 0. The van der Waals surface area contributed by atoms with Crippen molar-refractivity contribution >= 4 is 12.0 Å². The maximum atomic E-state index is 12.3. The van der Waals surface area contributed by atoms with Crippen LogP contribution in [0.2, 0.25) is 0 Å². The fourth-order valence-corrected chi connectivity index (χ4v) is 2.00. The molecule has 1 saturated heterocycles. The van der Waals surface area contributed by atoms with Crippen LogP contribution in [0.25, 0.3) is 0 Å². The lowest BCUT2D eigenvalue weighted by atomic mass is 9.98. The molecule has 5 nitrogen and oxygen atoms in total. The minimum Gasteiger partial charge on any atom is -0.453 e. The third-order valence-electron chi connectivity index (χ3n) is 3.36. The van der Waals surface area contributed by atoms with Crippen molar-refractivity contribution in [2.75, 3.05) is 20.2 Å². The van der Waals surface area contributed by atoms with Crippen LogP contribution in [0.15, 0.2) is 0 Å². The van der Waals surface area contributed by atoms with E-state index in [4.69, 9.17) is 0 Å². The lowest BCUT2D eigenvalue weighted by Crippen LogP contribution is -2.51. The van der Waals surface area contributed by atoms with Crippen molar-refractivity contribution in [1.82, 2.24) is 10.2 Å². The minimum absolute atomic E-state index is 0.0160. The molecular weight excluding hydrogens is 220 g/mol. The number of nitrogens with one attached hydrogen (secondary N) is 1. The first kappa shape index (κ1) is 13.8. The van der Waals surface area contributed by atoms with Crippen LogP contribution in [0.4, 0.5) is 4.79 Å². The van der Waals surface area contributed by atoms with Gasteiger partial charge in [-0.3, -0.25) is 4.79 Å². The second kappa shape index (κ2) is 6.47. The highest BCUT2D eigenvalue weighted by atomic mass is 16.5. The van der Waals surface area contributed by atoms with E-state index in [9.17, 15) is 9.59 Å². The second-order valence-corrected chi connectivity index (χ2v) is 4.53. The minimum atomic E-state index is -0.539. The fraction of sp³-hybridized carbons (Fsp3) is 0.833. The molecule has 0 aliphatic carbocycles.